The minimum atomic E-state index is 0.510. The van der Waals surface area contributed by atoms with Crippen LogP contribution in [0.4, 0.5) is 0 Å². The van der Waals surface area contributed by atoms with Crippen LogP contribution in [0.2, 0.25) is 0 Å². The fourth-order valence-corrected chi connectivity index (χ4v) is 3.87. The van der Waals surface area contributed by atoms with Crippen molar-refractivity contribution in [1.29, 1.82) is 0 Å². The second kappa shape index (κ2) is 10.9. The summed E-state index contributed by atoms with van der Waals surface area (Å²) in [5.41, 5.74) is 2.67. The van der Waals surface area contributed by atoms with E-state index in [1.165, 1.54) is 29.2 Å². The molecule has 2 nitrogen and oxygen atoms in total. The minimum absolute atomic E-state index is 0.510. The molecule has 0 saturated heterocycles. The summed E-state index contributed by atoms with van der Waals surface area (Å²) in [6.07, 6.45) is 8.07. The van der Waals surface area contributed by atoms with Crippen LogP contribution in [0, 0.1) is 11.8 Å². The van der Waals surface area contributed by atoms with Gasteiger partial charge in [-0.1, -0.05) is 61.0 Å². The zero-order valence-corrected chi connectivity index (χ0v) is 17.7. The number of aromatic nitrogens is 1. The zero-order valence-electron chi connectivity index (χ0n) is 16.9. The van der Waals surface area contributed by atoms with Gasteiger partial charge in [-0.25, -0.2) is 4.98 Å². The van der Waals surface area contributed by atoms with E-state index < -0.39 is 0 Å². The molecule has 1 N–H and O–H groups in total. The van der Waals surface area contributed by atoms with E-state index in [0.717, 1.165) is 25.2 Å². The number of allylic oxidation sites excluding steroid dienone is 2. The number of nitrogens with one attached hydrogen (secondary N) is 1. The smallest absolute Gasteiger partial charge is 0.0957 e. The van der Waals surface area contributed by atoms with Crippen LogP contribution in [-0.4, -0.2) is 11.0 Å². The first-order chi connectivity index (χ1) is 11.4. The maximum absolute atomic E-state index is 4.79. The molecule has 0 radical (unpaired) electrons. The molecular formula is C21H38N2S. The molecule has 3 heteroatoms. The fourth-order valence-electron chi connectivity index (χ4n) is 2.90. The third kappa shape index (κ3) is 6.96. The van der Waals surface area contributed by atoms with E-state index in [2.05, 4.69) is 65.2 Å². The van der Waals surface area contributed by atoms with E-state index in [0.29, 0.717) is 17.9 Å². The molecule has 1 heterocycles. The summed E-state index contributed by atoms with van der Waals surface area (Å²) in [5.74, 6) is 1.88. The molecular weight excluding hydrogens is 312 g/mol. The maximum atomic E-state index is 4.79. The minimum Gasteiger partial charge on any atom is -0.386 e. The summed E-state index contributed by atoms with van der Waals surface area (Å²) >= 11 is 1.83. The molecule has 0 aliphatic carbocycles. The molecule has 24 heavy (non-hydrogen) atoms. The van der Waals surface area contributed by atoms with Crippen molar-refractivity contribution < 1.29 is 0 Å². The number of rotatable bonds is 11. The van der Waals surface area contributed by atoms with Crippen molar-refractivity contribution in [3.8, 4) is 0 Å². The van der Waals surface area contributed by atoms with Crippen molar-refractivity contribution in [2.75, 3.05) is 0 Å². The SMILES string of the molecule is CC/C=C(/C[C@@H](C)CC)NC(CC(C)c1nc(CC)cs1)C(C)C. The average molecular weight is 351 g/mol. The highest BCUT2D eigenvalue weighted by atomic mass is 32.1. The lowest BCUT2D eigenvalue weighted by Crippen LogP contribution is -2.35. The van der Waals surface area contributed by atoms with E-state index in [4.69, 9.17) is 4.98 Å². The third-order valence-corrected chi connectivity index (χ3v) is 5.98. The molecule has 1 aromatic heterocycles. The highest BCUT2D eigenvalue weighted by Gasteiger charge is 2.21. The van der Waals surface area contributed by atoms with E-state index in [1.54, 1.807) is 0 Å². The molecule has 0 fully saturated rings. The van der Waals surface area contributed by atoms with Crippen LogP contribution in [0.5, 0.6) is 0 Å². The Balaban J connectivity index is 2.75. The van der Waals surface area contributed by atoms with Crippen LogP contribution in [0.1, 0.15) is 90.8 Å². The first-order valence-electron chi connectivity index (χ1n) is 9.80. The summed E-state index contributed by atoms with van der Waals surface area (Å²) in [6, 6.07) is 0.510. The van der Waals surface area contributed by atoms with Gasteiger partial charge in [0.1, 0.15) is 0 Å². The summed E-state index contributed by atoms with van der Waals surface area (Å²) in [5, 5.41) is 7.39. The molecule has 1 rings (SSSR count). The van der Waals surface area contributed by atoms with Gasteiger partial charge in [-0.15, -0.1) is 11.3 Å². The van der Waals surface area contributed by atoms with Gasteiger partial charge in [0.15, 0.2) is 0 Å². The lowest BCUT2D eigenvalue weighted by molar-refractivity contribution is 0.371. The Bertz CT molecular complexity index is 490. The molecule has 138 valence electrons. The molecule has 1 aromatic rings. The number of hydrogen-bond donors (Lipinski definition) is 1. The van der Waals surface area contributed by atoms with Crippen molar-refractivity contribution >= 4 is 11.3 Å². The summed E-state index contributed by atoms with van der Waals surface area (Å²) in [6.45, 7) is 16.0. The number of thiazole rings is 1. The lowest BCUT2D eigenvalue weighted by atomic mass is 9.92. The van der Waals surface area contributed by atoms with Gasteiger partial charge in [0.05, 0.1) is 10.7 Å². The number of nitrogens with zero attached hydrogens (tertiary/aromatic N) is 1. The summed E-state index contributed by atoms with van der Waals surface area (Å²) < 4.78 is 0. The van der Waals surface area contributed by atoms with Crippen molar-refractivity contribution in [2.45, 2.75) is 92.5 Å². The van der Waals surface area contributed by atoms with Crippen LogP contribution < -0.4 is 5.32 Å². The van der Waals surface area contributed by atoms with E-state index in [1.807, 2.05) is 11.3 Å². The van der Waals surface area contributed by atoms with Crippen LogP contribution in [0.25, 0.3) is 0 Å². The Kier molecular flexibility index (Phi) is 9.65. The maximum Gasteiger partial charge on any atom is 0.0957 e. The number of hydrogen-bond acceptors (Lipinski definition) is 3. The van der Waals surface area contributed by atoms with Crippen molar-refractivity contribution in [2.24, 2.45) is 11.8 Å². The predicted molar refractivity (Wildman–Crippen MR) is 109 cm³/mol. The van der Waals surface area contributed by atoms with Crippen LogP contribution >= 0.6 is 11.3 Å². The lowest BCUT2D eigenvalue weighted by Gasteiger charge is -2.28. The molecule has 0 amide bonds. The van der Waals surface area contributed by atoms with Gasteiger partial charge in [-0.2, -0.15) is 0 Å². The largest absolute Gasteiger partial charge is 0.386 e. The molecule has 0 aromatic carbocycles. The Morgan fingerprint density at radius 3 is 2.42 bits per heavy atom. The van der Waals surface area contributed by atoms with Gasteiger partial charge in [-0.05, 0) is 37.5 Å². The van der Waals surface area contributed by atoms with Crippen LogP contribution in [0.15, 0.2) is 17.2 Å². The van der Waals surface area contributed by atoms with Crippen molar-refractivity contribution in [3.63, 3.8) is 0 Å². The van der Waals surface area contributed by atoms with Gasteiger partial charge in [0, 0.05) is 23.0 Å². The average Bonchev–Trinajstić information content (AvgIpc) is 3.03. The monoisotopic (exact) mass is 350 g/mol. The topological polar surface area (TPSA) is 24.9 Å². The molecule has 2 unspecified atom stereocenters. The van der Waals surface area contributed by atoms with Crippen LogP contribution in [-0.2, 0) is 6.42 Å². The molecule has 0 spiro atoms. The van der Waals surface area contributed by atoms with Crippen molar-refractivity contribution in [3.05, 3.63) is 27.9 Å². The second-order valence-electron chi connectivity index (χ2n) is 7.52. The van der Waals surface area contributed by atoms with Gasteiger partial charge in [0.2, 0.25) is 0 Å². The molecule has 0 aliphatic heterocycles. The zero-order chi connectivity index (χ0) is 18.1. The van der Waals surface area contributed by atoms with E-state index in [-0.39, 0.29) is 0 Å². The normalized spacial score (nSPS) is 16.2. The van der Waals surface area contributed by atoms with Gasteiger partial charge in [-0.3, -0.25) is 0 Å². The fraction of sp³-hybridized carbons (Fsp3) is 0.762. The van der Waals surface area contributed by atoms with Gasteiger partial charge < -0.3 is 5.32 Å². The molecule has 0 saturated carbocycles. The van der Waals surface area contributed by atoms with Gasteiger partial charge in [0.25, 0.3) is 0 Å². The molecule has 3 atom stereocenters. The van der Waals surface area contributed by atoms with Gasteiger partial charge >= 0.3 is 0 Å². The van der Waals surface area contributed by atoms with E-state index in [9.17, 15) is 0 Å². The third-order valence-electron chi connectivity index (χ3n) is 4.85. The Morgan fingerprint density at radius 2 is 1.92 bits per heavy atom. The summed E-state index contributed by atoms with van der Waals surface area (Å²) in [4.78, 5) is 4.79. The first kappa shape index (κ1) is 21.2. The highest BCUT2D eigenvalue weighted by molar-refractivity contribution is 7.09. The second-order valence-corrected chi connectivity index (χ2v) is 8.41. The molecule has 0 bridgehead atoms. The van der Waals surface area contributed by atoms with Crippen molar-refractivity contribution in [1.82, 2.24) is 10.3 Å². The molecule has 0 aliphatic rings. The Labute approximate surface area is 154 Å². The Hall–Kier alpha value is -0.830. The highest BCUT2D eigenvalue weighted by Crippen LogP contribution is 2.27. The first-order valence-corrected chi connectivity index (χ1v) is 10.7. The standard InChI is InChI=1S/C21H38N2S/c1-8-11-19(12-16(6)9-2)22-20(15(4)5)13-17(7)21-23-18(10-3)14-24-21/h11,14-17,20,22H,8-10,12-13H2,1-7H3/b19-11-/t16-,17?,20?/m0/s1. The quantitative estimate of drug-likeness (QED) is 0.490. The summed E-state index contributed by atoms with van der Waals surface area (Å²) in [7, 11) is 0. The van der Waals surface area contributed by atoms with E-state index >= 15 is 0 Å². The number of aryl methyl sites for hydroxylation is 1. The predicted octanol–water partition coefficient (Wildman–Crippen LogP) is 6.54. The Morgan fingerprint density at radius 1 is 1.21 bits per heavy atom. The van der Waals surface area contributed by atoms with Crippen LogP contribution in [0.3, 0.4) is 0 Å².